The Morgan fingerprint density at radius 1 is 1.30 bits per heavy atom. The van der Waals surface area contributed by atoms with Gasteiger partial charge in [0.2, 0.25) is 0 Å². The molecule has 1 aliphatic carbocycles. The van der Waals surface area contributed by atoms with Gasteiger partial charge in [-0.05, 0) is 53.0 Å². The van der Waals surface area contributed by atoms with Crippen molar-refractivity contribution in [3.05, 3.63) is 34.8 Å². The van der Waals surface area contributed by atoms with Crippen molar-refractivity contribution in [3.63, 3.8) is 0 Å². The number of carboxylic acids is 1. The molecule has 0 saturated heterocycles. The highest BCUT2D eigenvalue weighted by Gasteiger charge is 2.30. The van der Waals surface area contributed by atoms with Crippen LogP contribution in [0, 0.1) is 13.8 Å². The highest BCUT2D eigenvalue weighted by Crippen LogP contribution is 2.40. The van der Waals surface area contributed by atoms with Crippen LogP contribution in [0.3, 0.4) is 0 Å². The SMILES string of the molecule is Cc1ncc(Nc2cc(C3CC3)nn2C(=O)OC(C)(C)C)c(C(=O)O)c1C. The zero-order valence-electron chi connectivity index (χ0n) is 16.2. The van der Waals surface area contributed by atoms with Gasteiger partial charge in [-0.2, -0.15) is 5.10 Å². The highest BCUT2D eigenvalue weighted by molar-refractivity contribution is 5.97. The number of aryl methyl sites for hydroxylation is 1. The number of carboxylic acid groups (broad SMARTS) is 1. The number of aromatic carboxylic acids is 1. The van der Waals surface area contributed by atoms with Gasteiger partial charge in [-0.1, -0.05) is 0 Å². The lowest BCUT2D eigenvalue weighted by Crippen LogP contribution is -2.28. The van der Waals surface area contributed by atoms with Crippen LogP contribution in [0.1, 0.15) is 66.8 Å². The summed E-state index contributed by atoms with van der Waals surface area (Å²) in [5, 5.41) is 17.0. The fraction of sp³-hybridized carbons (Fsp3) is 0.474. The van der Waals surface area contributed by atoms with Crippen LogP contribution in [-0.4, -0.2) is 37.5 Å². The third kappa shape index (κ3) is 4.10. The Hall–Kier alpha value is -2.90. The molecule has 2 heterocycles. The smallest absolute Gasteiger partial charge is 0.437 e. The number of hydrogen-bond acceptors (Lipinski definition) is 6. The van der Waals surface area contributed by atoms with Crippen molar-refractivity contribution in [3.8, 4) is 0 Å². The first-order valence-corrected chi connectivity index (χ1v) is 8.86. The molecule has 3 rings (SSSR count). The van der Waals surface area contributed by atoms with Crippen LogP contribution >= 0.6 is 0 Å². The van der Waals surface area contributed by atoms with Crippen LogP contribution in [0.5, 0.6) is 0 Å². The Morgan fingerprint density at radius 2 is 1.96 bits per heavy atom. The summed E-state index contributed by atoms with van der Waals surface area (Å²) in [4.78, 5) is 28.5. The predicted molar refractivity (Wildman–Crippen MR) is 99.8 cm³/mol. The van der Waals surface area contributed by atoms with Crippen LogP contribution in [0.25, 0.3) is 0 Å². The molecule has 2 aromatic rings. The molecule has 2 N–H and O–H groups in total. The summed E-state index contributed by atoms with van der Waals surface area (Å²) in [7, 11) is 0. The van der Waals surface area contributed by atoms with Gasteiger partial charge in [-0.15, -0.1) is 4.68 Å². The van der Waals surface area contributed by atoms with Crippen molar-refractivity contribution in [2.75, 3.05) is 5.32 Å². The summed E-state index contributed by atoms with van der Waals surface area (Å²) in [6, 6.07) is 1.77. The molecule has 0 radical (unpaired) electrons. The number of aromatic nitrogens is 3. The lowest BCUT2D eigenvalue weighted by atomic mass is 10.1. The van der Waals surface area contributed by atoms with Gasteiger partial charge in [-0.3, -0.25) is 4.98 Å². The van der Waals surface area contributed by atoms with E-state index in [9.17, 15) is 14.7 Å². The summed E-state index contributed by atoms with van der Waals surface area (Å²) < 4.78 is 6.58. The molecule has 0 aliphatic heterocycles. The van der Waals surface area contributed by atoms with E-state index in [2.05, 4.69) is 15.4 Å². The summed E-state index contributed by atoms with van der Waals surface area (Å²) in [6.45, 7) is 8.79. The number of nitrogens with zero attached hydrogens (tertiary/aromatic N) is 3. The number of carbonyl (C=O) groups is 2. The Bertz CT molecular complexity index is 907. The molecular formula is C19H24N4O4. The molecule has 1 saturated carbocycles. The van der Waals surface area contributed by atoms with Gasteiger partial charge in [0.1, 0.15) is 11.4 Å². The molecular weight excluding hydrogens is 348 g/mol. The fourth-order valence-corrected chi connectivity index (χ4v) is 2.73. The molecule has 0 aromatic carbocycles. The molecule has 0 unspecified atom stereocenters. The van der Waals surface area contributed by atoms with Gasteiger partial charge in [-0.25, -0.2) is 9.59 Å². The summed E-state index contributed by atoms with van der Waals surface area (Å²) in [5.41, 5.74) is 1.74. The second-order valence-electron chi connectivity index (χ2n) is 7.81. The average molecular weight is 372 g/mol. The molecule has 0 amide bonds. The zero-order chi connectivity index (χ0) is 19.9. The molecule has 144 valence electrons. The number of ether oxygens (including phenoxy) is 1. The first-order valence-electron chi connectivity index (χ1n) is 8.86. The maximum Gasteiger partial charge on any atom is 0.437 e. The number of pyridine rings is 1. The molecule has 0 atom stereocenters. The lowest BCUT2D eigenvalue weighted by Gasteiger charge is -2.20. The van der Waals surface area contributed by atoms with E-state index in [4.69, 9.17) is 4.74 Å². The second-order valence-corrected chi connectivity index (χ2v) is 7.81. The van der Waals surface area contributed by atoms with Gasteiger partial charge in [0.05, 0.1) is 23.1 Å². The van der Waals surface area contributed by atoms with Crippen LogP contribution in [0.2, 0.25) is 0 Å². The third-order valence-corrected chi connectivity index (χ3v) is 4.34. The monoisotopic (exact) mass is 372 g/mol. The van der Waals surface area contributed by atoms with Crippen LogP contribution < -0.4 is 5.32 Å². The van der Waals surface area contributed by atoms with Gasteiger partial charge in [0.25, 0.3) is 0 Å². The topological polar surface area (TPSA) is 106 Å². The minimum absolute atomic E-state index is 0.118. The molecule has 8 heteroatoms. The fourth-order valence-electron chi connectivity index (χ4n) is 2.73. The number of anilines is 2. The first-order chi connectivity index (χ1) is 12.6. The lowest BCUT2D eigenvalue weighted by molar-refractivity contribution is 0.0517. The number of rotatable bonds is 4. The van der Waals surface area contributed by atoms with Crippen molar-refractivity contribution in [2.24, 2.45) is 0 Å². The quantitative estimate of drug-likeness (QED) is 0.835. The Kier molecular flexibility index (Phi) is 4.67. The normalized spacial score (nSPS) is 14.1. The van der Waals surface area contributed by atoms with E-state index in [0.717, 1.165) is 23.2 Å². The van der Waals surface area contributed by atoms with E-state index in [0.29, 0.717) is 28.7 Å². The highest BCUT2D eigenvalue weighted by atomic mass is 16.6. The zero-order valence-corrected chi connectivity index (χ0v) is 16.2. The number of carbonyl (C=O) groups excluding carboxylic acids is 1. The summed E-state index contributed by atoms with van der Waals surface area (Å²) >= 11 is 0. The Morgan fingerprint density at radius 3 is 2.52 bits per heavy atom. The average Bonchev–Trinajstić information content (AvgIpc) is 3.30. The molecule has 2 aromatic heterocycles. The Labute approximate surface area is 157 Å². The number of hydrogen-bond donors (Lipinski definition) is 2. The Balaban J connectivity index is 2.01. The minimum atomic E-state index is -1.06. The van der Waals surface area contributed by atoms with Gasteiger partial charge in [0, 0.05) is 17.7 Å². The predicted octanol–water partition coefficient (Wildman–Crippen LogP) is 4.00. The maximum absolute atomic E-state index is 12.6. The van der Waals surface area contributed by atoms with Gasteiger partial charge < -0.3 is 15.2 Å². The second kappa shape index (κ2) is 6.68. The molecule has 0 bridgehead atoms. The van der Waals surface area contributed by atoms with E-state index >= 15 is 0 Å². The van der Waals surface area contributed by atoms with E-state index in [1.54, 1.807) is 40.7 Å². The maximum atomic E-state index is 12.6. The van der Waals surface area contributed by atoms with Crippen LogP contribution in [-0.2, 0) is 4.74 Å². The van der Waals surface area contributed by atoms with Crippen molar-refractivity contribution in [2.45, 2.75) is 59.0 Å². The summed E-state index contributed by atoms with van der Waals surface area (Å²) in [6.07, 6.45) is 2.88. The van der Waals surface area contributed by atoms with Crippen molar-refractivity contribution >= 4 is 23.6 Å². The van der Waals surface area contributed by atoms with Crippen LogP contribution in [0.4, 0.5) is 16.3 Å². The van der Waals surface area contributed by atoms with Crippen molar-refractivity contribution < 1.29 is 19.4 Å². The first kappa shape index (κ1) is 18.9. The molecule has 1 fully saturated rings. The van der Waals surface area contributed by atoms with E-state index < -0.39 is 17.7 Å². The minimum Gasteiger partial charge on any atom is -0.478 e. The third-order valence-electron chi connectivity index (χ3n) is 4.34. The van der Waals surface area contributed by atoms with E-state index in [-0.39, 0.29) is 5.56 Å². The van der Waals surface area contributed by atoms with Gasteiger partial charge >= 0.3 is 12.1 Å². The standard InChI is InChI=1S/C19H24N4O4/c1-10-11(2)20-9-14(16(10)17(24)25)21-15-8-13(12-6-7-12)22-23(15)18(26)27-19(3,4)5/h8-9,12,21H,6-7H2,1-5H3,(H,24,25). The summed E-state index contributed by atoms with van der Waals surface area (Å²) in [5.74, 6) is -0.379. The molecule has 0 spiro atoms. The van der Waals surface area contributed by atoms with Crippen LogP contribution in [0.15, 0.2) is 12.3 Å². The van der Waals surface area contributed by atoms with Crippen molar-refractivity contribution in [1.29, 1.82) is 0 Å². The largest absolute Gasteiger partial charge is 0.478 e. The van der Waals surface area contributed by atoms with Gasteiger partial charge in [0.15, 0.2) is 0 Å². The molecule has 1 aliphatic rings. The van der Waals surface area contributed by atoms with E-state index in [1.807, 2.05) is 0 Å². The molecule has 8 nitrogen and oxygen atoms in total. The number of nitrogens with one attached hydrogen (secondary N) is 1. The van der Waals surface area contributed by atoms with Crippen molar-refractivity contribution in [1.82, 2.24) is 14.8 Å². The molecule has 27 heavy (non-hydrogen) atoms. The van der Waals surface area contributed by atoms with E-state index in [1.165, 1.54) is 6.20 Å².